The van der Waals surface area contributed by atoms with Crippen molar-refractivity contribution < 1.29 is 8.83 Å². The molecule has 36 heavy (non-hydrogen) atoms. The Morgan fingerprint density at radius 3 is 0.861 bits per heavy atom. The summed E-state index contributed by atoms with van der Waals surface area (Å²) in [4.78, 5) is 0. The third kappa shape index (κ3) is 5.72. The highest BCUT2D eigenvalue weighted by Gasteiger charge is 2.36. The fraction of sp³-hybridized carbons (Fsp3) is 0.867. The maximum atomic E-state index is 6.27. The highest BCUT2D eigenvalue weighted by Crippen LogP contribution is 2.46. The SMILES string of the molecule is CC(C)(C)C1CCC(c2nnc(C3CCC(c4nnc(C5CCC(C(C)(C)C)CC5)o4)CC3)o2)CC1. The van der Waals surface area contributed by atoms with Crippen LogP contribution in [0.1, 0.15) is 166 Å². The van der Waals surface area contributed by atoms with E-state index >= 15 is 0 Å². The van der Waals surface area contributed by atoms with Gasteiger partial charge in [-0.25, -0.2) is 0 Å². The number of hydrogen-bond acceptors (Lipinski definition) is 6. The van der Waals surface area contributed by atoms with E-state index in [0.29, 0.717) is 34.5 Å². The summed E-state index contributed by atoms with van der Waals surface area (Å²) >= 11 is 0. The Morgan fingerprint density at radius 1 is 0.417 bits per heavy atom. The summed E-state index contributed by atoms with van der Waals surface area (Å²) in [5, 5.41) is 18.0. The molecule has 0 atom stereocenters. The van der Waals surface area contributed by atoms with Gasteiger partial charge in [0.2, 0.25) is 23.6 Å². The van der Waals surface area contributed by atoms with Crippen LogP contribution in [-0.2, 0) is 0 Å². The molecule has 0 N–H and O–H groups in total. The lowest BCUT2D eigenvalue weighted by atomic mass is 9.70. The third-order valence-corrected chi connectivity index (χ3v) is 9.94. The molecular weight excluding hydrogens is 448 g/mol. The lowest BCUT2D eigenvalue weighted by Gasteiger charge is -2.36. The predicted molar refractivity (Wildman–Crippen MR) is 141 cm³/mol. The molecule has 0 bridgehead atoms. The van der Waals surface area contributed by atoms with E-state index in [-0.39, 0.29) is 0 Å². The van der Waals surface area contributed by atoms with Crippen LogP contribution < -0.4 is 0 Å². The molecular formula is C30H48N4O2. The first kappa shape index (κ1) is 25.9. The van der Waals surface area contributed by atoms with Gasteiger partial charge in [-0.15, -0.1) is 20.4 Å². The molecule has 5 rings (SSSR count). The Balaban J connectivity index is 1.11. The van der Waals surface area contributed by atoms with Crippen molar-refractivity contribution >= 4 is 0 Å². The van der Waals surface area contributed by atoms with Gasteiger partial charge < -0.3 is 8.83 Å². The molecule has 200 valence electrons. The topological polar surface area (TPSA) is 77.8 Å². The molecule has 2 heterocycles. The predicted octanol–water partition coefficient (Wildman–Crippen LogP) is 8.53. The van der Waals surface area contributed by atoms with Gasteiger partial charge in [0.15, 0.2) is 0 Å². The molecule has 3 saturated carbocycles. The van der Waals surface area contributed by atoms with Crippen LogP contribution >= 0.6 is 0 Å². The molecule has 0 amide bonds. The van der Waals surface area contributed by atoms with Gasteiger partial charge in [-0.1, -0.05) is 41.5 Å². The van der Waals surface area contributed by atoms with Crippen molar-refractivity contribution in [3.8, 4) is 0 Å². The Hall–Kier alpha value is -1.72. The molecule has 3 fully saturated rings. The van der Waals surface area contributed by atoms with Crippen molar-refractivity contribution in [1.29, 1.82) is 0 Å². The van der Waals surface area contributed by atoms with E-state index in [1.807, 2.05) is 0 Å². The minimum atomic E-state index is 0.364. The van der Waals surface area contributed by atoms with Crippen LogP contribution in [0, 0.1) is 22.7 Å². The monoisotopic (exact) mass is 496 g/mol. The van der Waals surface area contributed by atoms with Crippen molar-refractivity contribution in [3.63, 3.8) is 0 Å². The second-order valence-corrected chi connectivity index (χ2v) is 14.3. The molecule has 6 heteroatoms. The van der Waals surface area contributed by atoms with Gasteiger partial charge >= 0.3 is 0 Å². The molecule has 0 aliphatic heterocycles. The summed E-state index contributed by atoms with van der Waals surface area (Å²) in [6.45, 7) is 14.2. The fourth-order valence-corrected chi connectivity index (χ4v) is 7.15. The van der Waals surface area contributed by atoms with Gasteiger partial charge in [-0.3, -0.25) is 0 Å². The molecule has 0 radical (unpaired) electrons. The van der Waals surface area contributed by atoms with Gasteiger partial charge in [0.05, 0.1) is 0 Å². The summed E-state index contributed by atoms with van der Waals surface area (Å²) in [7, 11) is 0. The Kier molecular flexibility index (Phi) is 7.35. The summed E-state index contributed by atoms with van der Waals surface area (Å²) < 4.78 is 12.5. The largest absolute Gasteiger partial charge is 0.425 e. The molecule has 0 saturated heterocycles. The summed E-state index contributed by atoms with van der Waals surface area (Å²) in [5.74, 6) is 6.67. The van der Waals surface area contributed by atoms with Gasteiger partial charge in [0.25, 0.3) is 0 Å². The molecule has 6 nitrogen and oxygen atoms in total. The highest BCUT2D eigenvalue weighted by molar-refractivity contribution is 5.04. The lowest BCUT2D eigenvalue weighted by Crippen LogP contribution is -2.25. The lowest BCUT2D eigenvalue weighted by molar-refractivity contribution is 0.160. The quantitative estimate of drug-likeness (QED) is 0.422. The van der Waals surface area contributed by atoms with E-state index in [4.69, 9.17) is 8.83 Å². The molecule has 2 aromatic heterocycles. The first-order valence-electron chi connectivity index (χ1n) is 14.7. The minimum absolute atomic E-state index is 0.364. The Labute approximate surface area is 217 Å². The Bertz CT molecular complexity index is 893. The van der Waals surface area contributed by atoms with Crippen LogP contribution in [0.3, 0.4) is 0 Å². The van der Waals surface area contributed by atoms with E-state index in [1.165, 1.54) is 51.4 Å². The fourth-order valence-electron chi connectivity index (χ4n) is 7.15. The molecule has 0 unspecified atom stereocenters. The van der Waals surface area contributed by atoms with E-state index in [2.05, 4.69) is 61.9 Å². The molecule has 0 spiro atoms. The zero-order valence-electron chi connectivity index (χ0n) is 23.6. The maximum Gasteiger partial charge on any atom is 0.219 e. The second-order valence-electron chi connectivity index (χ2n) is 14.3. The van der Waals surface area contributed by atoms with Crippen molar-refractivity contribution in [1.82, 2.24) is 20.4 Å². The Morgan fingerprint density at radius 2 is 0.639 bits per heavy atom. The second kappa shape index (κ2) is 10.2. The molecule has 3 aliphatic carbocycles. The first-order valence-corrected chi connectivity index (χ1v) is 14.7. The van der Waals surface area contributed by atoms with Crippen molar-refractivity contribution in [3.05, 3.63) is 23.6 Å². The summed E-state index contributed by atoms with van der Waals surface area (Å²) in [6.07, 6.45) is 14.0. The van der Waals surface area contributed by atoms with E-state index in [0.717, 1.165) is 61.1 Å². The smallest absolute Gasteiger partial charge is 0.219 e. The normalized spacial score (nSPS) is 32.5. The zero-order chi connectivity index (χ0) is 25.5. The van der Waals surface area contributed by atoms with Crippen LogP contribution in [0.5, 0.6) is 0 Å². The number of hydrogen-bond donors (Lipinski definition) is 0. The average molecular weight is 497 g/mol. The number of aromatic nitrogens is 4. The molecule has 0 aromatic carbocycles. The van der Waals surface area contributed by atoms with Gasteiger partial charge in [0.1, 0.15) is 0 Å². The highest BCUT2D eigenvalue weighted by atomic mass is 16.4. The summed E-state index contributed by atoms with van der Waals surface area (Å²) in [6, 6.07) is 0. The van der Waals surface area contributed by atoms with Crippen molar-refractivity contribution in [2.24, 2.45) is 22.7 Å². The van der Waals surface area contributed by atoms with Crippen LogP contribution in [0.2, 0.25) is 0 Å². The van der Waals surface area contributed by atoms with E-state index < -0.39 is 0 Å². The minimum Gasteiger partial charge on any atom is -0.425 e. The van der Waals surface area contributed by atoms with Crippen LogP contribution in [0.4, 0.5) is 0 Å². The summed E-state index contributed by atoms with van der Waals surface area (Å²) in [5.41, 5.74) is 0.795. The standard InChI is InChI=1S/C30H48N4O2/c1-29(2,3)23-15-11-21(12-16-23)27-33-31-25(35-27)19-7-9-20(10-8-19)26-32-34-28(36-26)22-13-17-24(18-14-22)30(4,5)6/h19-24H,7-18H2,1-6H3. The van der Waals surface area contributed by atoms with Crippen molar-refractivity contribution in [2.45, 2.75) is 142 Å². The molecule has 3 aliphatic rings. The van der Waals surface area contributed by atoms with Gasteiger partial charge in [-0.05, 0) is 99.7 Å². The number of rotatable bonds is 4. The van der Waals surface area contributed by atoms with Crippen molar-refractivity contribution in [2.75, 3.05) is 0 Å². The zero-order valence-corrected chi connectivity index (χ0v) is 23.6. The van der Waals surface area contributed by atoms with Crippen LogP contribution in [0.25, 0.3) is 0 Å². The molecule has 2 aromatic rings. The van der Waals surface area contributed by atoms with Crippen LogP contribution in [-0.4, -0.2) is 20.4 Å². The van der Waals surface area contributed by atoms with Gasteiger partial charge in [-0.2, -0.15) is 0 Å². The average Bonchev–Trinajstić information content (AvgIpc) is 3.54. The van der Waals surface area contributed by atoms with Gasteiger partial charge in [0, 0.05) is 23.7 Å². The van der Waals surface area contributed by atoms with E-state index in [9.17, 15) is 0 Å². The first-order chi connectivity index (χ1) is 17.1. The van der Waals surface area contributed by atoms with E-state index in [1.54, 1.807) is 0 Å². The van der Waals surface area contributed by atoms with Crippen LogP contribution in [0.15, 0.2) is 8.83 Å². The third-order valence-electron chi connectivity index (χ3n) is 9.94. The number of nitrogens with zero attached hydrogens (tertiary/aromatic N) is 4. The maximum absolute atomic E-state index is 6.27.